The van der Waals surface area contributed by atoms with Crippen LogP contribution in [0.3, 0.4) is 0 Å². The Morgan fingerprint density at radius 1 is 0.800 bits per heavy atom. The van der Waals surface area contributed by atoms with Gasteiger partial charge in [-0.15, -0.1) is 0 Å². The van der Waals surface area contributed by atoms with Gasteiger partial charge in [0.25, 0.3) is 0 Å². The van der Waals surface area contributed by atoms with Crippen molar-refractivity contribution in [3.05, 3.63) is 101 Å². The van der Waals surface area contributed by atoms with Crippen molar-refractivity contribution in [1.82, 2.24) is 0 Å². The molecule has 0 fully saturated rings. The summed E-state index contributed by atoms with van der Waals surface area (Å²) in [5.74, 6) is 0.441. The highest BCUT2D eigenvalue weighted by molar-refractivity contribution is 5.89. The zero-order valence-corrected chi connectivity index (χ0v) is 11.3. The third kappa shape index (κ3) is 1.69. The molecule has 2 aliphatic rings. The second-order valence-electron chi connectivity index (χ2n) is 5.35. The van der Waals surface area contributed by atoms with E-state index in [0.29, 0.717) is 5.92 Å². The predicted octanol–water partition coefficient (Wildman–Crippen LogP) is 5.10. The van der Waals surface area contributed by atoms with E-state index in [1.54, 1.807) is 0 Å². The Morgan fingerprint density at radius 3 is 2.50 bits per heavy atom. The molecule has 96 valence electrons. The lowest BCUT2D eigenvalue weighted by Gasteiger charge is -2.10. The monoisotopic (exact) mass is 256 g/mol. The van der Waals surface area contributed by atoms with Crippen molar-refractivity contribution in [3.63, 3.8) is 0 Å². The number of hydrogen-bond donors (Lipinski definition) is 0. The first-order valence-corrected chi connectivity index (χ1v) is 7.16. The molecule has 4 rings (SSSR count). The molecular formula is C20H16. The van der Waals surface area contributed by atoms with Gasteiger partial charge in [-0.1, -0.05) is 78.9 Å². The molecule has 1 atom stereocenters. The third-order valence-electron chi connectivity index (χ3n) is 4.21. The average Bonchev–Trinajstić information content (AvgIpc) is 2.65. The molecule has 0 radical (unpaired) electrons. The maximum atomic E-state index is 2.33. The van der Waals surface area contributed by atoms with Crippen LogP contribution >= 0.6 is 0 Å². The summed E-state index contributed by atoms with van der Waals surface area (Å²) in [7, 11) is 0. The van der Waals surface area contributed by atoms with Crippen molar-refractivity contribution in [2.24, 2.45) is 0 Å². The fourth-order valence-corrected chi connectivity index (χ4v) is 3.36. The van der Waals surface area contributed by atoms with Gasteiger partial charge < -0.3 is 0 Å². The minimum absolute atomic E-state index is 0.441. The van der Waals surface area contributed by atoms with Crippen molar-refractivity contribution >= 4 is 5.57 Å². The lowest BCUT2D eigenvalue weighted by Crippen LogP contribution is -1.93. The van der Waals surface area contributed by atoms with Crippen LogP contribution in [-0.2, 0) is 0 Å². The number of rotatable bonds is 1. The fraction of sp³-hybridized carbons (Fsp3) is 0.100. The SMILES string of the molecule is C1=CCC2=C(c3ccccc3)c3ccccc3C2C=C1. The summed E-state index contributed by atoms with van der Waals surface area (Å²) in [5, 5.41) is 0. The molecular weight excluding hydrogens is 240 g/mol. The van der Waals surface area contributed by atoms with Gasteiger partial charge in [0.15, 0.2) is 0 Å². The van der Waals surface area contributed by atoms with Crippen LogP contribution in [-0.4, -0.2) is 0 Å². The molecule has 0 nitrogen and oxygen atoms in total. The summed E-state index contributed by atoms with van der Waals surface area (Å²) in [6.07, 6.45) is 9.98. The second-order valence-corrected chi connectivity index (χ2v) is 5.35. The van der Waals surface area contributed by atoms with E-state index in [4.69, 9.17) is 0 Å². The Labute approximate surface area is 119 Å². The van der Waals surface area contributed by atoms with E-state index in [0.717, 1.165) is 6.42 Å². The van der Waals surface area contributed by atoms with Gasteiger partial charge in [0.05, 0.1) is 0 Å². The number of allylic oxidation sites excluding steroid dienone is 5. The summed E-state index contributed by atoms with van der Waals surface area (Å²) in [6, 6.07) is 19.6. The van der Waals surface area contributed by atoms with Crippen molar-refractivity contribution in [2.45, 2.75) is 12.3 Å². The normalized spacial score (nSPS) is 19.7. The van der Waals surface area contributed by atoms with Gasteiger partial charge in [0.1, 0.15) is 0 Å². The van der Waals surface area contributed by atoms with Crippen LogP contribution in [0.2, 0.25) is 0 Å². The molecule has 0 aliphatic heterocycles. The molecule has 0 bridgehead atoms. The van der Waals surface area contributed by atoms with E-state index >= 15 is 0 Å². The molecule has 0 N–H and O–H groups in total. The molecule has 0 heterocycles. The second kappa shape index (κ2) is 4.64. The van der Waals surface area contributed by atoms with Crippen LogP contribution < -0.4 is 0 Å². The molecule has 0 saturated heterocycles. The minimum Gasteiger partial charge on any atom is -0.0804 e. The first-order valence-electron chi connectivity index (χ1n) is 7.16. The summed E-state index contributed by atoms with van der Waals surface area (Å²) in [6.45, 7) is 0. The van der Waals surface area contributed by atoms with Crippen molar-refractivity contribution in [1.29, 1.82) is 0 Å². The highest BCUT2D eigenvalue weighted by atomic mass is 14.3. The van der Waals surface area contributed by atoms with E-state index in [2.05, 4.69) is 78.9 Å². The largest absolute Gasteiger partial charge is 0.0804 e. The Morgan fingerprint density at radius 2 is 1.60 bits per heavy atom. The van der Waals surface area contributed by atoms with Crippen molar-refractivity contribution < 1.29 is 0 Å². The average molecular weight is 256 g/mol. The standard InChI is InChI=1S/C20H16/c1-3-9-15(10-4-1)20-18-13-6-2-5-11-16(18)17-12-7-8-14-19(17)20/h1-12,14,16H,13H2. The van der Waals surface area contributed by atoms with Crippen LogP contribution in [0.15, 0.2) is 84.5 Å². The Kier molecular flexibility index (Phi) is 2.67. The fourth-order valence-electron chi connectivity index (χ4n) is 3.36. The number of hydrogen-bond acceptors (Lipinski definition) is 0. The van der Waals surface area contributed by atoms with Crippen LogP contribution in [0, 0.1) is 0 Å². The molecule has 0 aromatic heterocycles. The van der Waals surface area contributed by atoms with Crippen molar-refractivity contribution in [3.8, 4) is 0 Å². The van der Waals surface area contributed by atoms with Crippen molar-refractivity contribution in [2.75, 3.05) is 0 Å². The molecule has 0 heteroatoms. The van der Waals surface area contributed by atoms with E-state index in [9.17, 15) is 0 Å². The van der Waals surface area contributed by atoms with Crippen LogP contribution in [0.4, 0.5) is 0 Å². The first-order chi connectivity index (χ1) is 9.95. The molecule has 0 spiro atoms. The quantitative estimate of drug-likeness (QED) is 0.665. The summed E-state index contributed by atoms with van der Waals surface area (Å²) >= 11 is 0. The summed E-state index contributed by atoms with van der Waals surface area (Å²) < 4.78 is 0. The van der Waals surface area contributed by atoms with E-state index in [1.807, 2.05) is 0 Å². The molecule has 2 aliphatic carbocycles. The molecule has 2 aromatic rings. The molecule has 0 amide bonds. The maximum absolute atomic E-state index is 2.33. The highest BCUT2D eigenvalue weighted by Gasteiger charge is 2.29. The zero-order chi connectivity index (χ0) is 13.4. The third-order valence-corrected chi connectivity index (χ3v) is 4.21. The lowest BCUT2D eigenvalue weighted by atomic mass is 9.93. The predicted molar refractivity (Wildman–Crippen MR) is 84.5 cm³/mol. The van der Waals surface area contributed by atoms with Gasteiger partial charge in [-0.25, -0.2) is 0 Å². The van der Waals surface area contributed by atoms with Gasteiger partial charge in [0.2, 0.25) is 0 Å². The summed E-state index contributed by atoms with van der Waals surface area (Å²) in [5.41, 5.74) is 7.14. The molecule has 2 aromatic carbocycles. The van der Waals surface area contributed by atoms with Gasteiger partial charge in [-0.3, -0.25) is 0 Å². The Bertz CT molecular complexity index is 730. The van der Waals surface area contributed by atoms with Crippen LogP contribution in [0.5, 0.6) is 0 Å². The van der Waals surface area contributed by atoms with E-state index in [-0.39, 0.29) is 0 Å². The van der Waals surface area contributed by atoms with E-state index < -0.39 is 0 Å². The Balaban J connectivity index is 1.99. The smallest absolute Gasteiger partial charge is 0.0250 e. The Hall–Kier alpha value is -2.34. The number of benzene rings is 2. The van der Waals surface area contributed by atoms with Gasteiger partial charge in [-0.05, 0) is 34.3 Å². The highest BCUT2D eigenvalue weighted by Crippen LogP contribution is 2.47. The zero-order valence-electron chi connectivity index (χ0n) is 11.3. The molecule has 20 heavy (non-hydrogen) atoms. The van der Waals surface area contributed by atoms with Gasteiger partial charge >= 0.3 is 0 Å². The molecule has 1 unspecified atom stereocenters. The van der Waals surface area contributed by atoms with Gasteiger partial charge in [0, 0.05) is 5.92 Å². The lowest BCUT2D eigenvalue weighted by molar-refractivity contribution is 0.985. The maximum Gasteiger partial charge on any atom is 0.0250 e. The topological polar surface area (TPSA) is 0 Å². The summed E-state index contributed by atoms with van der Waals surface area (Å²) in [4.78, 5) is 0. The van der Waals surface area contributed by atoms with Crippen LogP contribution in [0.25, 0.3) is 5.57 Å². The minimum atomic E-state index is 0.441. The molecule has 0 saturated carbocycles. The van der Waals surface area contributed by atoms with Gasteiger partial charge in [-0.2, -0.15) is 0 Å². The van der Waals surface area contributed by atoms with E-state index in [1.165, 1.54) is 27.8 Å². The van der Waals surface area contributed by atoms with Crippen LogP contribution in [0.1, 0.15) is 29.0 Å². The number of fused-ring (bicyclic) bond motifs is 3. The first kappa shape index (κ1) is 11.5.